The monoisotopic (exact) mass is 461 g/mol. The molecule has 0 aliphatic carbocycles. The van der Waals surface area contributed by atoms with E-state index in [1.807, 2.05) is 18.2 Å². The predicted molar refractivity (Wildman–Crippen MR) is 123 cm³/mol. The van der Waals surface area contributed by atoms with E-state index in [1.54, 1.807) is 55.1 Å². The van der Waals surface area contributed by atoms with Crippen LogP contribution in [0.2, 0.25) is 0 Å². The normalized spacial score (nSPS) is 19.1. The Kier molecular flexibility index (Phi) is 5.00. The zero-order chi connectivity index (χ0) is 24.0. The molecule has 1 aromatic heterocycles. The smallest absolute Gasteiger partial charge is 0.325 e. The Morgan fingerprint density at radius 3 is 2.56 bits per heavy atom. The fraction of sp³-hybridized carbons (Fsp3) is 0.250. The van der Waals surface area contributed by atoms with Crippen LogP contribution < -0.4 is 20.9 Å². The topological polar surface area (TPSA) is 115 Å². The van der Waals surface area contributed by atoms with Gasteiger partial charge in [0, 0.05) is 19.0 Å². The molecule has 10 heteroatoms. The van der Waals surface area contributed by atoms with Gasteiger partial charge in [-0.25, -0.2) is 9.48 Å². The molecule has 4 amide bonds. The van der Waals surface area contributed by atoms with Crippen molar-refractivity contribution in [1.29, 1.82) is 0 Å². The van der Waals surface area contributed by atoms with Gasteiger partial charge in [0.1, 0.15) is 18.0 Å². The largest absolute Gasteiger partial charge is 0.493 e. The fourth-order valence-corrected chi connectivity index (χ4v) is 4.55. The lowest BCUT2D eigenvalue weighted by Crippen LogP contribution is -2.48. The van der Waals surface area contributed by atoms with Crippen LogP contribution in [0.1, 0.15) is 17.7 Å². The molecule has 3 aromatic rings. The van der Waals surface area contributed by atoms with E-state index in [2.05, 4.69) is 10.6 Å². The van der Waals surface area contributed by atoms with Gasteiger partial charge >= 0.3 is 6.03 Å². The molecule has 1 saturated heterocycles. The highest BCUT2D eigenvalue weighted by atomic mass is 16.5. The number of carbonyl (C=O) groups is 3. The van der Waals surface area contributed by atoms with Crippen molar-refractivity contribution in [3.8, 4) is 11.4 Å². The average Bonchev–Trinajstić information content (AvgIpc) is 3.19. The number of hydrogen-bond donors (Lipinski definition) is 2. The second-order valence-electron chi connectivity index (χ2n) is 8.31. The van der Waals surface area contributed by atoms with Crippen LogP contribution in [0.3, 0.4) is 0 Å². The second kappa shape index (κ2) is 7.91. The number of imide groups is 1. The lowest BCUT2D eigenvalue weighted by molar-refractivity contribution is -0.135. The van der Waals surface area contributed by atoms with Crippen molar-refractivity contribution in [3.63, 3.8) is 0 Å². The first-order chi connectivity index (χ1) is 16.3. The van der Waals surface area contributed by atoms with Crippen LogP contribution in [0.15, 0.2) is 59.4 Å². The first-order valence-corrected chi connectivity index (χ1v) is 10.8. The summed E-state index contributed by atoms with van der Waals surface area (Å²) in [6.07, 6.45) is 0.256. The summed E-state index contributed by atoms with van der Waals surface area (Å²) in [4.78, 5) is 52.9. The number of ether oxygens (including phenoxy) is 1. The number of carbonyl (C=O) groups excluding carboxylic acids is 3. The number of amides is 4. The standard InChI is InChI=1S/C24H23N5O5/c1-15-20(21(31)29(27(15)2)16-8-4-3-5-9-16)25-19(30)14-28-22(32)24(26-23(28)33)12-13-34-18-11-7-6-10-17(18)24/h3-11H,12-14H2,1-2H3,(H,25,30)(H,26,33). The molecule has 0 bridgehead atoms. The van der Waals surface area contributed by atoms with Crippen LogP contribution in [0.25, 0.3) is 5.69 Å². The lowest BCUT2D eigenvalue weighted by Gasteiger charge is -2.33. The number of nitrogens with one attached hydrogen (secondary N) is 2. The predicted octanol–water partition coefficient (Wildman–Crippen LogP) is 1.65. The highest BCUT2D eigenvalue weighted by Crippen LogP contribution is 2.40. The Bertz CT molecular complexity index is 1380. The van der Waals surface area contributed by atoms with Crippen LogP contribution in [0.4, 0.5) is 10.5 Å². The Labute approximate surface area is 194 Å². The third kappa shape index (κ3) is 3.18. The molecule has 1 unspecified atom stereocenters. The first-order valence-electron chi connectivity index (χ1n) is 10.8. The zero-order valence-corrected chi connectivity index (χ0v) is 18.7. The van der Waals surface area contributed by atoms with Gasteiger partial charge in [-0.1, -0.05) is 36.4 Å². The molecule has 1 fully saturated rings. The minimum absolute atomic E-state index is 0.0922. The summed E-state index contributed by atoms with van der Waals surface area (Å²) in [5, 5.41) is 5.36. The summed E-state index contributed by atoms with van der Waals surface area (Å²) in [6, 6.07) is 15.4. The van der Waals surface area contributed by atoms with Crippen LogP contribution in [0, 0.1) is 6.92 Å². The summed E-state index contributed by atoms with van der Waals surface area (Å²) in [6.45, 7) is 1.44. The van der Waals surface area contributed by atoms with Crippen molar-refractivity contribution in [2.24, 2.45) is 7.05 Å². The van der Waals surface area contributed by atoms with Gasteiger partial charge in [0.15, 0.2) is 5.54 Å². The number of fused-ring (bicyclic) bond motifs is 2. The van der Waals surface area contributed by atoms with Crippen LogP contribution >= 0.6 is 0 Å². The highest BCUT2D eigenvalue weighted by Gasteiger charge is 2.55. The molecule has 2 aromatic carbocycles. The van der Waals surface area contributed by atoms with Crippen molar-refractivity contribution in [3.05, 3.63) is 76.2 Å². The maximum atomic E-state index is 13.4. The van der Waals surface area contributed by atoms with Gasteiger partial charge < -0.3 is 15.4 Å². The number of hydrogen-bond acceptors (Lipinski definition) is 5. The number of nitrogens with zero attached hydrogens (tertiary/aromatic N) is 3. The molecule has 1 spiro atoms. The summed E-state index contributed by atoms with van der Waals surface area (Å²) in [5.74, 6) is -0.642. The Hall–Kier alpha value is -4.34. The second-order valence-corrected chi connectivity index (χ2v) is 8.31. The molecule has 1 atom stereocenters. The van der Waals surface area contributed by atoms with Crippen molar-refractivity contribution < 1.29 is 19.1 Å². The van der Waals surface area contributed by atoms with Crippen LogP contribution in [0.5, 0.6) is 5.75 Å². The Morgan fingerprint density at radius 1 is 1.09 bits per heavy atom. The Morgan fingerprint density at radius 2 is 1.79 bits per heavy atom. The number of urea groups is 1. The molecule has 2 aliphatic rings. The molecule has 5 rings (SSSR count). The Balaban J connectivity index is 1.39. The summed E-state index contributed by atoms with van der Waals surface area (Å²) >= 11 is 0. The van der Waals surface area contributed by atoms with Crippen molar-refractivity contribution >= 4 is 23.5 Å². The molecule has 10 nitrogen and oxygen atoms in total. The number of rotatable bonds is 4. The molecule has 0 radical (unpaired) electrons. The summed E-state index contributed by atoms with van der Waals surface area (Å²) in [7, 11) is 1.71. The van der Waals surface area contributed by atoms with Gasteiger partial charge in [0.25, 0.3) is 11.5 Å². The van der Waals surface area contributed by atoms with E-state index < -0.39 is 35.5 Å². The van der Waals surface area contributed by atoms with E-state index in [0.29, 0.717) is 22.7 Å². The minimum atomic E-state index is -1.27. The minimum Gasteiger partial charge on any atom is -0.493 e. The number of para-hydroxylation sites is 2. The number of anilines is 1. The summed E-state index contributed by atoms with van der Waals surface area (Å²) < 4.78 is 8.70. The lowest BCUT2D eigenvalue weighted by atomic mass is 9.84. The van der Waals surface area contributed by atoms with Crippen LogP contribution in [-0.2, 0) is 22.2 Å². The maximum absolute atomic E-state index is 13.4. The third-order valence-electron chi connectivity index (χ3n) is 6.38. The fourth-order valence-electron chi connectivity index (χ4n) is 4.55. The number of benzene rings is 2. The summed E-state index contributed by atoms with van der Waals surface area (Å²) in [5.41, 5.74) is 0.157. The molecular weight excluding hydrogens is 438 g/mol. The first kappa shape index (κ1) is 21.5. The van der Waals surface area contributed by atoms with E-state index in [4.69, 9.17) is 4.74 Å². The highest BCUT2D eigenvalue weighted by molar-refractivity contribution is 6.10. The van der Waals surface area contributed by atoms with Crippen molar-refractivity contribution in [2.45, 2.75) is 18.9 Å². The third-order valence-corrected chi connectivity index (χ3v) is 6.38. The number of aromatic nitrogens is 2. The SMILES string of the molecule is Cc1c(NC(=O)CN2C(=O)NC3(CCOc4ccccc43)C2=O)c(=O)n(-c2ccccc2)n1C. The van der Waals surface area contributed by atoms with E-state index in [9.17, 15) is 19.2 Å². The quantitative estimate of drug-likeness (QED) is 0.574. The van der Waals surface area contributed by atoms with Gasteiger partial charge in [-0.2, -0.15) is 0 Å². The molecular formula is C24H23N5O5. The average molecular weight is 461 g/mol. The molecule has 2 N–H and O–H groups in total. The van der Waals surface area contributed by atoms with Crippen LogP contribution in [-0.4, -0.2) is 45.3 Å². The van der Waals surface area contributed by atoms with E-state index in [0.717, 1.165) is 4.90 Å². The van der Waals surface area contributed by atoms with Gasteiger partial charge in [-0.3, -0.25) is 24.0 Å². The molecule has 0 saturated carbocycles. The molecule has 174 valence electrons. The van der Waals surface area contributed by atoms with Crippen molar-refractivity contribution in [1.82, 2.24) is 19.6 Å². The molecule has 34 heavy (non-hydrogen) atoms. The zero-order valence-electron chi connectivity index (χ0n) is 18.7. The van der Waals surface area contributed by atoms with Gasteiger partial charge in [-0.05, 0) is 25.1 Å². The van der Waals surface area contributed by atoms with Gasteiger partial charge in [0.2, 0.25) is 5.91 Å². The maximum Gasteiger partial charge on any atom is 0.325 e. The van der Waals surface area contributed by atoms with E-state index >= 15 is 0 Å². The molecule has 2 aliphatic heterocycles. The molecule has 3 heterocycles. The van der Waals surface area contributed by atoms with Gasteiger partial charge in [0.05, 0.1) is 18.0 Å². The van der Waals surface area contributed by atoms with Gasteiger partial charge in [-0.15, -0.1) is 0 Å². The van der Waals surface area contributed by atoms with E-state index in [-0.39, 0.29) is 18.7 Å². The van der Waals surface area contributed by atoms with E-state index in [1.165, 1.54) is 4.68 Å². The van der Waals surface area contributed by atoms with Crippen molar-refractivity contribution in [2.75, 3.05) is 18.5 Å².